The van der Waals surface area contributed by atoms with Gasteiger partial charge in [0, 0.05) is 30.5 Å². The second-order valence-electron chi connectivity index (χ2n) is 6.66. The molecular formula is C21H22ClN5. The van der Waals surface area contributed by atoms with Crippen molar-refractivity contribution in [3.63, 3.8) is 0 Å². The van der Waals surface area contributed by atoms with Crippen LogP contribution in [0.5, 0.6) is 0 Å². The van der Waals surface area contributed by atoms with Crippen molar-refractivity contribution in [1.82, 2.24) is 9.97 Å². The zero-order valence-electron chi connectivity index (χ0n) is 15.2. The van der Waals surface area contributed by atoms with Crippen LogP contribution in [-0.4, -0.2) is 23.1 Å². The van der Waals surface area contributed by atoms with Crippen molar-refractivity contribution in [3.8, 4) is 0 Å². The standard InChI is InChI=1S/C21H22ClN5/c1-15-23-20(14-21(24-15)26-19-7-3-2-6-18(19)22)25-16-8-10-17(11-9-16)27-12-4-5-13-27/h2-3,6-11,14H,4-5,12-13H2,1H3,(H2,23,24,25,26). The Morgan fingerprint density at radius 3 is 2.26 bits per heavy atom. The average molecular weight is 380 g/mol. The number of anilines is 5. The molecule has 27 heavy (non-hydrogen) atoms. The molecule has 1 saturated heterocycles. The summed E-state index contributed by atoms with van der Waals surface area (Å²) in [5, 5.41) is 7.27. The number of aromatic nitrogens is 2. The van der Waals surface area contributed by atoms with E-state index in [0.29, 0.717) is 16.7 Å². The third kappa shape index (κ3) is 4.31. The van der Waals surface area contributed by atoms with Crippen LogP contribution in [0.25, 0.3) is 0 Å². The number of para-hydroxylation sites is 1. The third-order valence-electron chi connectivity index (χ3n) is 4.59. The van der Waals surface area contributed by atoms with Crippen LogP contribution in [0.15, 0.2) is 54.6 Å². The number of halogens is 1. The van der Waals surface area contributed by atoms with Crippen LogP contribution in [0.2, 0.25) is 5.02 Å². The van der Waals surface area contributed by atoms with Gasteiger partial charge in [-0.1, -0.05) is 23.7 Å². The number of rotatable bonds is 5. The van der Waals surface area contributed by atoms with Gasteiger partial charge < -0.3 is 15.5 Å². The molecule has 4 rings (SSSR count). The van der Waals surface area contributed by atoms with E-state index in [1.165, 1.54) is 18.5 Å². The van der Waals surface area contributed by atoms with Crippen LogP contribution in [-0.2, 0) is 0 Å². The van der Waals surface area contributed by atoms with E-state index in [1.807, 2.05) is 37.3 Å². The van der Waals surface area contributed by atoms with E-state index >= 15 is 0 Å². The maximum Gasteiger partial charge on any atom is 0.136 e. The summed E-state index contributed by atoms with van der Waals surface area (Å²) in [7, 11) is 0. The van der Waals surface area contributed by atoms with E-state index in [4.69, 9.17) is 11.6 Å². The Morgan fingerprint density at radius 2 is 1.56 bits per heavy atom. The second kappa shape index (κ2) is 7.84. The van der Waals surface area contributed by atoms with Gasteiger partial charge in [0.25, 0.3) is 0 Å². The molecule has 2 heterocycles. The van der Waals surface area contributed by atoms with Crippen molar-refractivity contribution in [2.45, 2.75) is 19.8 Å². The summed E-state index contributed by atoms with van der Waals surface area (Å²) in [6, 6.07) is 18.0. The SMILES string of the molecule is Cc1nc(Nc2ccc(N3CCCC3)cc2)cc(Nc2ccccc2Cl)n1. The Hall–Kier alpha value is -2.79. The molecule has 2 N–H and O–H groups in total. The highest BCUT2D eigenvalue weighted by atomic mass is 35.5. The van der Waals surface area contributed by atoms with Crippen LogP contribution in [0.1, 0.15) is 18.7 Å². The quantitative estimate of drug-likeness (QED) is 0.610. The number of nitrogens with one attached hydrogen (secondary N) is 2. The summed E-state index contributed by atoms with van der Waals surface area (Å²) in [6.07, 6.45) is 2.56. The fourth-order valence-corrected chi connectivity index (χ4v) is 3.46. The Balaban J connectivity index is 1.50. The molecule has 0 radical (unpaired) electrons. The van der Waals surface area contributed by atoms with Gasteiger partial charge in [-0.05, 0) is 56.2 Å². The molecule has 1 fully saturated rings. The minimum absolute atomic E-state index is 0.653. The lowest BCUT2D eigenvalue weighted by molar-refractivity contribution is 0.949. The predicted molar refractivity (Wildman–Crippen MR) is 113 cm³/mol. The van der Waals surface area contributed by atoms with E-state index in [2.05, 4.69) is 49.8 Å². The van der Waals surface area contributed by atoms with Crippen LogP contribution in [0.4, 0.5) is 28.7 Å². The average Bonchev–Trinajstić information content (AvgIpc) is 3.19. The van der Waals surface area contributed by atoms with Crippen molar-refractivity contribution in [2.24, 2.45) is 0 Å². The molecule has 3 aromatic rings. The molecule has 1 aromatic heterocycles. The Kier molecular flexibility index (Phi) is 5.12. The predicted octanol–water partition coefficient (Wildman–Crippen LogP) is 5.53. The zero-order valence-corrected chi connectivity index (χ0v) is 16.0. The minimum atomic E-state index is 0.653. The largest absolute Gasteiger partial charge is 0.372 e. The van der Waals surface area contributed by atoms with Crippen molar-refractivity contribution in [3.05, 3.63) is 65.4 Å². The zero-order chi connectivity index (χ0) is 18.6. The Labute approximate surface area is 164 Å². The molecular weight excluding hydrogens is 358 g/mol. The summed E-state index contributed by atoms with van der Waals surface area (Å²) in [5.74, 6) is 2.13. The van der Waals surface area contributed by atoms with Gasteiger partial charge in [-0.15, -0.1) is 0 Å². The summed E-state index contributed by atoms with van der Waals surface area (Å²) in [6.45, 7) is 4.17. The fourth-order valence-electron chi connectivity index (χ4n) is 3.28. The van der Waals surface area contributed by atoms with Gasteiger partial charge in [0.2, 0.25) is 0 Å². The van der Waals surface area contributed by atoms with Gasteiger partial charge in [-0.2, -0.15) is 0 Å². The smallest absolute Gasteiger partial charge is 0.136 e. The molecule has 0 saturated carbocycles. The van der Waals surface area contributed by atoms with E-state index in [9.17, 15) is 0 Å². The number of aryl methyl sites for hydroxylation is 1. The van der Waals surface area contributed by atoms with Gasteiger partial charge in [0.15, 0.2) is 0 Å². The van der Waals surface area contributed by atoms with Crippen molar-refractivity contribution < 1.29 is 0 Å². The maximum atomic E-state index is 6.23. The van der Waals surface area contributed by atoms with Gasteiger partial charge in [0.1, 0.15) is 17.5 Å². The van der Waals surface area contributed by atoms with Gasteiger partial charge in [-0.3, -0.25) is 0 Å². The van der Waals surface area contributed by atoms with E-state index in [-0.39, 0.29) is 0 Å². The first-order chi connectivity index (χ1) is 13.2. The van der Waals surface area contributed by atoms with Gasteiger partial charge in [-0.25, -0.2) is 9.97 Å². The molecule has 0 aliphatic carbocycles. The lowest BCUT2D eigenvalue weighted by Gasteiger charge is -2.18. The first-order valence-corrected chi connectivity index (χ1v) is 9.54. The molecule has 1 aliphatic heterocycles. The van der Waals surface area contributed by atoms with Gasteiger partial charge in [0.05, 0.1) is 10.7 Å². The molecule has 2 aromatic carbocycles. The molecule has 0 amide bonds. The summed E-state index contributed by atoms with van der Waals surface area (Å²) in [5.41, 5.74) is 3.09. The third-order valence-corrected chi connectivity index (χ3v) is 4.92. The lowest BCUT2D eigenvalue weighted by atomic mass is 10.2. The first kappa shape index (κ1) is 17.6. The highest BCUT2D eigenvalue weighted by Gasteiger charge is 2.12. The molecule has 0 spiro atoms. The molecule has 1 aliphatic rings. The van der Waals surface area contributed by atoms with E-state index in [1.54, 1.807) is 0 Å². The molecule has 6 heteroatoms. The fraction of sp³-hybridized carbons (Fsp3) is 0.238. The highest BCUT2D eigenvalue weighted by molar-refractivity contribution is 6.33. The maximum absolute atomic E-state index is 6.23. The molecule has 138 valence electrons. The second-order valence-corrected chi connectivity index (χ2v) is 7.06. The number of benzene rings is 2. The normalized spacial score (nSPS) is 13.6. The van der Waals surface area contributed by atoms with Crippen LogP contribution in [0.3, 0.4) is 0 Å². The van der Waals surface area contributed by atoms with Crippen molar-refractivity contribution in [1.29, 1.82) is 0 Å². The van der Waals surface area contributed by atoms with E-state index < -0.39 is 0 Å². The summed E-state index contributed by atoms with van der Waals surface area (Å²) in [4.78, 5) is 11.4. The number of nitrogens with zero attached hydrogens (tertiary/aromatic N) is 3. The molecule has 5 nitrogen and oxygen atoms in total. The molecule has 0 bridgehead atoms. The molecule has 0 atom stereocenters. The Bertz CT molecular complexity index is 920. The van der Waals surface area contributed by atoms with Crippen LogP contribution >= 0.6 is 11.6 Å². The lowest BCUT2D eigenvalue weighted by Crippen LogP contribution is -2.17. The summed E-state index contributed by atoms with van der Waals surface area (Å²) >= 11 is 6.23. The number of hydrogen-bond acceptors (Lipinski definition) is 5. The Morgan fingerprint density at radius 1 is 0.889 bits per heavy atom. The van der Waals surface area contributed by atoms with Gasteiger partial charge >= 0.3 is 0 Å². The number of hydrogen-bond donors (Lipinski definition) is 2. The van der Waals surface area contributed by atoms with Crippen LogP contribution < -0.4 is 15.5 Å². The van der Waals surface area contributed by atoms with Crippen molar-refractivity contribution >= 4 is 40.3 Å². The topological polar surface area (TPSA) is 53.1 Å². The van der Waals surface area contributed by atoms with Crippen molar-refractivity contribution in [2.75, 3.05) is 28.6 Å². The highest BCUT2D eigenvalue weighted by Crippen LogP contribution is 2.27. The van der Waals surface area contributed by atoms with E-state index in [0.717, 1.165) is 30.3 Å². The minimum Gasteiger partial charge on any atom is -0.372 e. The monoisotopic (exact) mass is 379 g/mol. The van der Waals surface area contributed by atoms with Crippen LogP contribution in [0, 0.1) is 6.92 Å². The first-order valence-electron chi connectivity index (χ1n) is 9.17. The summed E-state index contributed by atoms with van der Waals surface area (Å²) < 4.78 is 0. The molecule has 0 unspecified atom stereocenters.